The van der Waals surface area contributed by atoms with Crippen molar-refractivity contribution in [3.8, 4) is 0 Å². The van der Waals surface area contributed by atoms with Crippen molar-refractivity contribution >= 4 is 34.3 Å². The molecule has 1 saturated carbocycles. The van der Waals surface area contributed by atoms with Crippen molar-refractivity contribution in [2.75, 3.05) is 41.8 Å². The van der Waals surface area contributed by atoms with Crippen molar-refractivity contribution in [2.45, 2.75) is 58.9 Å². The molecule has 184 valence electrons. The van der Waals surface area contributed by atoms with Crippen molar-refractivity contribution in [1.29, 1.82) is 0 Å². The van der Waals surface area contributed by atoms with Gasteiger partial charge in [-0.2, -0.15) is 18.2 Å². The molecule has 2 aliphatic heterocycles. The van der Waals surface area contributed by atoms with Crippen LogP contribution in [0.3, 0.4) is 0 Å². The van der Waals surface area contributed by atoms with Crippen molar-refractivity contribution in [1.82, 2.24) is 19.9 Å². The maximum atomic E-state index is 12.6. The van der Waals surface area contributed by atoms with Gasteiger partial charge in [0, 0.05) is 43.7 Å². The summed E-state index contributed by atoms with van der Waals surface area (Å²) in [6, 6.07) is 0. The van der Waals surface area contributed by atoms with Crippen molar-refractivity contribution in [2.24, 2.45) is 0 Å². The van der Waals surface area contributed by atoms with Crippen LogP contribution in [0, 0.1) is 0 Å². The Balaban J connectivity index is 1.29. The zero-order valence-corrected chi connectivity index (χ0v) is 20.0. The van der Waals surface area contributed by atoms with Gasteiger partial charge in [0.25, 0.3) is 0 Å². The number of piperidine rings is 1. The summed E-state index contributed by atoms with van der Waals surface area (Å²) in [5, 5.41) is 10.1. The van der Waals surface area contributed by atoms with Gasteiger partial charge in [0.2, 0.25) is 5.95 Å². The summed E-state index contributed by atoms with van der Waals surface area (Å²) >= 11 is -0.217. The predicted octanol–water partition coefficient (Wildman–Crippen LogP) is 3.11. The second-order valence-corrected chi connectivity index (χ2v) is 11.6. The van der Waals surface area contributed by atoms with Crippen LogP contribution >= 0.6 is 11.8 Å². The number of aliphatic hydroxyl groups excluding tert-OH is 1. The van der Waals surface area contributed by atoms with Crippen LogP contribution in [0.1, 0.15) is 43.8 Å². The Morgan fingerprint density at radius 3 is 2.41 bits per heavy atom. The molecule has 0 unspecified atom stereocenters. The molecule has 0 aromatic carbocycles. The number of aromatic nitrogens is 4. The number of nitrogens with zero attached hydrogens (tertiary/aromatic N) is 6. The normalized spacial score (nSPS) is 22.9. The van der Waals surface area contributed by atoms with Crippen LogP contribution < -0.4 is 9.80 Å². The standard InChI is InChI=1S/C21H25F3N6O2S2/c22-21(23,24)33-15-10-25-17(26-11-15)14-2-6-29(7-3-14)19-27-12-16-18(28-19)30(8-9-34(16)32)20(13-31)4-1-5-20/h10-12,14,31H,1-9,13H2/t34-/m1/s1. The molecule has 0 spiro atoms. The lowest BCUT2D eigenvalue weighted by Gasteiger charge is -2.51. The number of fused-ring (bicyclic) bond motifs is 1. The molecule has 3 aliphatic rings. The Labute approximate surface area is 201 Å². The highest BCUT2D eigenvalue weighted by Gasteiger charge is 2.45. The molecule has 0 radical (unpaired) electrons. The molecule has 2 aromatic rings. The van der Waals surface area contributed by atoms with E-state index in [4.69, 9.17) is 4.98 Å². The number of anilines is 2. The molecule has 0 amide bonds. The monoisotopic (exact) mass is 514 g/mol. The van der Waals surface area contributed by atoms with Crippen LogP contribution in [0.15, 0.2) is 28.4 Å². The van der Waals surface area contributed by atoms with Gasteiger partial charge in [-0.1, -0.05) is 0 Å². The molecule has 1 atom stereocenters. The summed E-state index contributed by atoms with van der Waals surface area (Å²) in [6.07, 6.45) is 8.39. The lowest BCUT2D eigenvalue weighted by molar-refractivity contribution is -0.0328. The molecule has 2 fully saturated rings. The maximum Gasteiger partial charge on any atom is 0.446 e. The Morgan fingerprint density at radius 2 is 1.82 bits per heavy atom. The Kier molecular flexibility index (Phi) is 6.44. The predicted molar refractivity (Wildman–Crippen MR) is 122 cm³/mol. The highest BCUT2D eigenvalue weighted by Crippen LogP contribution is 2.43. The largest absolute Gasteiger partial charge is 0.446 e. The van der Waals surface area contributed by atoms with E-state index in [1.807, 2.05) is 0 Å². The Morgan fingerprint density at radius 1 is 1.12 bits per heavy atom. The third-order valence-electron chi connectivity index (χ3n) is 6.90. The van der Waals surface area contributed by atoms with Crippen molar-refractivity contribution < 1.29 is 22.5 Å². The molecule has 5 rings (SSSR count). The fourth-order valence-corrected chi connectivity index (χ4v) is 6.45. The van der Waals surface area contributed by atoms with E-state index in [0.717, 1.165) is 32.1 Å². The van der Waals surface area contributed by atoms with Gasteiger partial charge in [-0.15, -0.1) is 0 Å². The van der Waals surface area contributed by atoms with Crippen LogP contribution in [-0.2, 0) is 10.8 Å². The van der Waals surface area contributed by atoms with Gasteiger partial charge < -0.3 is 14.9 Å². The first-order valence-corrected chi connectivity index (χ1v) is 13.4. The smallest absolute Gasteiger partial charge is 0.394 e. The lowest BCUT2D eigenvalue weighted by atomic mass is 9.76. The number of rotatable bonds is 5. The van der Waals surface area contributed by atoms with Crippen LogP contribution in [0.25, 0.3) is 0 Å². The topological polar surface area (TPSA) is 95.3 Å². The first-order chi connectivity index (χ1) is 16.3. The quantitative estimate of drug-likeness (QED) is 0.604. The number of thioether (sulfide) groups is 1. The molecule has 34 heavy (non-hydrogen) atoms. The number of hydrogen-bond acceptors (Lipinski definition) is 9. The molecular formula is C21H25F3N6O2S2. The van der Waals surface area contributed by atoms with Gasteiger partial charge >= 0.3 is 5.51 Å². The summed E-state index contributed by atoms with van der Waals surface area (Å²) in [6.45, 7) is 1.95. The second-order valence-electron chi connectivity index (χ2n) is 8.88. The average Bonchev–Trinajstić information content (AvgIpc) is 2.79. The van der Waals surface area contributed by atoms with Crippen LogP contribution in [0.2, 0.25) is 0 Å². The Bertz CT molecular complexity index is 1050. The summed E-state index contributed by atoms with van der Waals surface area (Å²) in [5.74, 6) is 2.32. The number of halogens is 3. The van der Waals surface area contributed by atoms with Gasteiger partial charge in [0.1, 0.15) is 5.82 Å². The zero-order chi connectivity index (χ0) is 23.9. The molecule has 1 aliphatic carbocycles. The van der Waals surface area contributed by atoms with Gasteiger partial charge in [0.05, 0.1) is 38.9 Å². The van der Waals surface area contributed by atoms with E-state index >= 15 is 0 Å². The summed E-state index contributed by atoms with van der Waals surface area (Å²) < 4.78 is 50.1. The van der Waals surface area contributed by atoms with E-state index in [1.54, 1.807) is 6.20 Å². The third kappa shape index (κ3) is 4.61. The molecule has 1 N–H and O–H groups in total. The van der Waals surface area contributed by atoms with Crippen molar-refractivity contribution in [3.63, 3.8) is 0 Å². The summed E-state index contributed by atoms with van der Waals surface area (Å²) in [4.78, 5) is 22.4. The first-order valence-electron chi connectivity index (χ1n) is 11.2. The molecule has 2 aromatic heterocycles. The highest BCUT2D eigenvalue weighted by molar-refractivity contribution is 8.00. The molecule has 4 heterocycles. The number of aliphatic hydroxyl groups is 1. The minimum atomic E-state index is -4.36. The van der Waals surface area contributed by atoms with Gasteiger partial charge in [-0.25, -0.2) is 15.0 Å². The van der Waals surface area contributed by atoms with E-state index in [-0.39, 0.29) is 34.7 Å². The van der Waals surface area contributed by atoms with E-state index < -0.39 is 16.3 Å². The fourth-order valence-electron chi connectivity index (χ4n) is 4.87. The first kappa shape index (κ1) is 23.7. The molecule has 13 heteroatoms. The SMILES string of the molecule is O=[S@@]1CCN(C2(CO)CCC2)c2nc(N3CCC(c4ncc(SC(F)(F)F)cn4)CC3)ncc21. The van der Waals surface area contributed by atoms with E-state index in [0.29, 0.717) is 47.9 Å². The maximum absolute atomic E-state index is 12.6. The summed E-state index contributed by atoms with van der Waals surface area (Å²) in [5.41, 5.74) is -4.69. The van der Waals surface area contributed by atoms with Crippen LogP contribution in [0.5, 0.6) is 0 Å². The van der Waals surface area contributed by atoms with Crippen LogP contribution in [-0.4, -0.2) is 72.3 Å². The highest BCUT2D eigenvalue weighted by atomic mass is 32.2. The molecule has 1 saturated heterocycles. The number of hydrogen-bond donors (Lipinski definition) is 1. The van der Waals surface area contributed by atoms with Gasteiger partial charge in [-0.05, 0) is 43.9 Å². The van der Waals surface area contributed by atoms with Crippen molar-refractivity contribution in [3.05, 3.63) is 24.4 Å². The second kappa shape index (κ2) is 9.23. The minimum Gasteiger partial charge on any atom is -0.394 e. The Hall–Kier alpha value is -1.99. The van der Waals surface area contributed by atoms with Gasteiger partial charge in [0.15, 0.2) is 5.82 Å². The summed E-state index contributed by atoms with van der Waals surface area (Å²) in [7, 11) is -1.16. The third-order valence-corrected chi connectivity index (χ3v) is 8.91. The fraction of sp³-hybridized carbons (Fsp3) is 0.619. The molecule has 8 nitrogen and oxygen atoms in total. The average molecular weight is 515 g/mol. The van der Waals surface area contributed by atoms with E-state index in [1.165, 1.54) is 12.4 Å². The molecule has 0 bridgehead atoms. The van der Waals surface area contributed by atoms with Gasteiger partial charge in [-0.3, -0.25) is 4.21 Å². The van der Waals surface area contributed by atoms with Crippen LogP contribution in [0.4, 0.5) is 24.9 Å². The molecular weight excluding hydrogens is 489 g/mol. The van der Waals surface area contributed by atoms with E-state index in [9.17, 15) is 22.5 Å². The van der Waals surface area contributed by atoms with E-state index in [2.05, 4.69) is 24.8 Å². The minimum absolute atomic E-state index is 0.0230. The lowest BCUT2D eigenvalue weighted by Crippen LogP contribution is -2.59. The number of alkyl halides is 3. The zero-order valence-electron chi connectivity index (χ0n) is 18.4.